The Morgan fingerprint density at radius 1 is 1.11 bits per heavy atom. The number of nitrogens with zero attached hydrogens (tertiary/aromatic N) is 2. The van der Waals surface area contributed by atoms with Gasteiger partial charge in [-0.3, -0.25) is 0 Å². The molecule has 0 saturated carbocycles. The summed E-state index contributed by atoms with van der Waals surface area (Å²) in [5.41, 5.74) is 2.23. The normalized spacial score (nSPS) is 10.4. The minimum Gasteiger partial charge on any atom is -0.372 e. The predicted molar refractivity (Wildman–Crippen MR) is 83.0 cm³/mol. The van der Waals surface area contributed by atoms with E-state index in [0.717, 1.165) is 5.69 Å². The first-order chi connectivity index (χ1) is 9.02. The van der Waals surface area contributed by atoms with Gasteiger partial charge in [-0.2, -0.15) is 0 Å². The molecule has 0 radical (unpaired) electrons. The van der Waals surface area contributed by atoms with E-state index in [2.05, 4.69) is 29.4 Å². The van der Waals surface area contributed by atoms with Crippen LogP contribution in [0, 0.1) is 6.92 Å². The molecule has 1 aromatic carbocycles. The van der Waals surface area contributed by atoms with Gasteiger partial charge in [0.15, 0.2) is 5.82 Å². The molecule has 0 spiro atoms. The summed E-state index contributed by atoms with van der Waals surface area (Å²) in [6, 6.07) is 9.85. The Morgan fingerprint density at radius 2 is 1.74 bits per heavy atom. The highest BCUT2D eigenvalue weighted by Crippen LogP contribution is 2.33. The lowest BCUT2D eigenvalue weighted by atomic mass is 10.2. The van der Waals surface area contributed by atoms with Crippen molar-refractivity contribution in [3.05, 3.63) is 45.9 Å². The molecule has 0 aliphatic rings. The summed E-state index contributed by atoms with van der Waals surface area (Å²) in [5, 5.41) is 3.98. The van der Waals surface area contributed by atoms with Gasteiger partial charge in [0, 0.05) is 19.8 Å². The Kier molecular flexibility index (Phi) is 4.17. The van der Waals surface area contributed by atoms with Crippen LogP contribution in [0.3, 0.4) is 0 Å². The SMILES string of the molecule is CNc1nc(N(C)c2ccc(C)cc2)c(Cl)cc1Cl. The van der Waals surface area contributed by atoms with Gasteiger partial charge in [-0.15, -0.1) is 0 Å². The van der Waals surface area contributed by atoms with Crippen molar-refractivity contribution >= 4 is 40.5 Å². The number of hydrogen-bond donors (Lipinski definition) is 1. The van der Waals surface area contributed by atoms with Crippen molar-refractivity contribution in [1.82, 2.24) is 4.98 Å². The van der Waals surface area contributed by atoms with E-state index in [4.69, 9.17) is 23.2 Å². The first-order valence-corrected chi connectivity index (χ1v) is 6.62. The fourth-order valence-corrected chi connectivity index (χ4v) is 2.34. The van der Waals surface area contributed by atoms with Gasteiger partial charge in [0.1, 0.15) is 5.82 Å². The lowest BCUT2D eigenvalue weighted by Crippen LogP contribution is -2.12. The van der Waals surface area contributed by atoms with Crippen LogP contribution in [0.25, 0.3) is 0 Å². The van der Waals surface area contributed by atoms with Crippen LogP contribution in [-0.2, 0) is 0 Å². The maximum absolute atomic E-state index is 6.22. The van der Waals surface area contributed by atoms with Crippen molar-refractivity contribution in [2.45, 2.75) is 6.92 Å². The molecular formula is C14H15Cl2N3. The van der Waals surface area contributed by atoms with Crippen molar-refractivity contribution in [3.8, 4) is 0 Å². The fraction of sp³-hybridized carbons (Fsp3) is 0.214. The maximum atomic E-state index is 6.22. The van der Waals surface area contributed by atoms with E-state index in [1.54, 1.807) is 13.1 Å². The van der Waals surface area contributed by atoms with E-state index in [0.29, 0.717) is 21.7 Å². The molecule has 0 fully saturated rings. The topological polar surface area (TPSA) is 28.2 Å². The summed E-state index contributed by atoms with van der Waals surface area (Å²) in [7, 11) is 3.70. The number of aromatic nitrogens is 1. The van der Waals surface area contributed by atoms with Crippen LogP contribution in [0.5, 0.6) is 0 Å². The summed E-state index contributed by atoms with van der Waals surface area (Å²) in [6.45, 7) is 2.05. The maximum Gasteiger partial charge on any atom is 0.154 e. The van der Waals surface area contributed by atoms with Gasteiger partial charge in [-0.1, -0.05) is 40.9 Å². The van der Waals surface area contributed by atoms with Gasteiger partial charge in [0.2, 0.25) is 0 Å². The number of nitrogens with one attached hydrogen (secondary N) is 1. The van der Waals surface area contributed by atoms with Gasteiger partial charge in [0.05, 0.1) is 10.0 Å². The molecule has 3 nitrogen and oxygen atoms in total. The molecule has 1 heterocycles. The highest BCUT2D eigenvalue weighted by Gasteiger charge is 2.13. The Morgan fingerprint density at radius 3 is 2.32 bits per heavy atom. The van der Waals surface area contributed by atoms with Crippen LogP contribution in [0.2, 0.25) is 10.0 Å². The number of hydrogen-bond acceptors (Lipinski definition) is 3. The van der Waals surface area contributed by atoms with Gasteiger partial charge in [-0.25, -0.2) is 4.98 Å². The number of benzene rings is 1. The molecule has 0 amide bonds. The van der Waals surface area contributed by atoms with Crippen LogP contribution in [-0.4, -0.2) is 19.1 Å². The van der Waals surface area contributed by atoms with Crippen LogP contribution >= 0.6 is 23.2 Å². The lowest BCUT2D eigenvalue weighted by Gasteiger charge is -2.21. The zero-order chi connectivity index (χ0) is 14.0. The zero-order valence-electron chi connectivity index (χ0n) is 11.0. The Balaban J connectivity index is 2.43. The molecule has 2 aromatic rings. The van der Waals surface area contributed by atoms with Crippen molar-refractivity contribution in [2.75, 3.05) is 24.3 Å². The van der Waals surface area contributed by atoms with Gasteiger partial charge in [-0.05, 0) is 25.1 Å². The van der Waals surface area contributed by atoms with Crippen LogP contribution in [0.4, 0.5) is 17.3 Å². The van der Waals surface area contributed by atoms with Crippen molar-refractivity contribution in [1.29, 1.82) is 0 Å². The molecule has 0 aliphatic heterocycles. The molecular weight excluding hydrogens is 281 g/mol. The molecule has 0 saturated heterocycles. The van der Waals surface area contributed by atoms with Gasteiger partial charge < -0.3 is 10.2 Å². The highest BCUT2D eigenvalue weighted by atomic mass is 35.5. The van der Waals surface area contributed by atoms with E-state index in [1.807, 2.05) is 24.1 Å². The second kappa shape index (κ2) is 5.68. The van der Waals surface area contributed by atoms with E-state index in [-0.39, 0.29) is 0 Å². The molecule has 100 valence electrons. The van der Waals surface area contributed by atoms with Crippen LogP contribution in [0.1, 0.15) is 5.56 Å². The lowest BCUT2D eigenvalue weighted by molar-refractivity contribution is 1.12. The minimum atomic E-state index is 0.508. The number of rotatable bonds is 3. The molecule has 0 bridgehead atoms. The number of aryl methyl sites for hydroxylation is 1. The summed E-state index contributed by atoms with van der Waals surface area (Å²) >= 11 is 12.3. The largest absolute Gasteiger partial charge is 0.372 e. The monoisotopic (exact) mass is 295 g/mol. The molecule has 19 heavy (non-hydrogen) atoms. The second-order valence-corrected chi connectivity index (χ2v) is 5.08. The van der Waals surface area contributed by atoms with E-state index >= 15 is 0 Å². The Hall–Kier alpha value is -1.45. The number of pyridine rings is 1. The second-order valence-electron chi connectivity index (χ2n) is 4.27. The molecule has 1 N–H and O–H groups in total. The summed E-state index contributed by atoms with van der Waals surface area (Å²) in [4.78, 5) is 6.37. The first-order valence-electron chi connectivity index (χ1n) is 5.87. The van der Waals surface area contributed by atoms with E-state index in [1.165, 1.54) is 5.56 Å². The first kappa shape index (κ1) is 14.0. The van der Waals surface area contributed by atoms with E-state index < -0.39 is 0 Å². The number of anilines is 3. The standard InChI is InChI=1S/C14H15Cl2N3/c1-9-4-6-10(7-5-9)19(3)14-12(16)8-11(15)13(17-2)18-14/h4-8H,1-3H3,(H,17,18). The Labute approximate surface area is 123 Å². The molecule has 0 unspecified atom stereocenters. The predicted octanol–water partition coefficient (Wildman–Crippen LogP) is 4.51. The van der Waals surface area contributed by atoms with Gasteiger partial charge >= 0.3 is 0 Å². The summed E-state index contributed by atoms with van der Waals surface area (Å²) in [5.74, 6) is 1.28. The fourth-order valence-electron chi connectivity index (χ4n) is 1.76. The number of halogens is 2. The van der Waals surface area contributed by atoms with E-state index in [9.17, 15) is 0 Å². The third-order valence-corrected chi connectivity index (χ3v) is 3.45. The highest BCUT2D eigenvalue weighted by molar-refractivity contribution is 6.37. The molecule has 5 heteroatoms. The van der Waals surface area contributed by atoms with Gasteiger partial charge in [0.25, 0.3) is 0 Å². The quantitative estimate of drug-likeness (QED) is 0.903. The Bertz CT molecular complexity index is 582. The zero-order valence-corrected chi connectivity index (χ0v) is 12.5. The van der Waals surface area contributed by atoms with Crippen LogP contribution in [0.15, 0.2) is 30.3 Å². The van der Waals surface area contributed by atoms with Crippen molar-refractivity contribution in [2.24, 2.45) is 0 Å². The smallest absolute Gasteiger partial charge is 0.154 e. The molecule has 1 aromatic heterocycles. The third-order valence-electron chi connectivity index (χ3n) is 2.89. The summed E-state index contributed by atoms with van der Waals surface area (Å²) < 4.78 is 0. The average molecular weight is 296 g/mol. The minimum absolute atomic E-state index is 0.508. The third kappa shape index (κ3) is 2.94. The molecule has 0 atom stereocenters. The van der Waals surface area contributed by atoms with Crippen molar-refractivity contribution < 1.29 is 0 Å². The summed E-state index contributed by atoms with van der Waals surface area (Å²) in [6.07, 6.45) is 0. The van der Waals surface area contributed by atoms with Crippen molar-refractivity contribution in [3.63, 3.8) is 0 Å². The molecule has 0 aliphatic carbocycles. The average Bonchev–Trinajstić information content (AvgIpc) is 2.39. The molecule has 2 rings (SSSR count). The van der Waals surface area contributed by atoms with Crippen LogP contribution < -0.4 is 10.2 Å².